The second-order valence-electron chi connectivity index (χ2n) is 8.02. The van der Waals surface area contributed by atoms with Gasteiger partial charge >= 0.3 is 5.97 Å². The summed E-state index contributed by atoms with van der Waals surface area (Å²) in [7, 11) is 0. The number of hydrogen-bond donors (Lipinski definition) is 0. The molecule has 1 heterocycles. The van der Waals surface area contributed by atoms with Gasteiger partial charge in [-0.2, -0.15) is 4.84 Å². The summed E-state index contributed by atoms with van der Waals surface area (Å²) in [6, 6.07) is 5.89. The summed E-state index contributed by atoms with van der Waals surface area (Å²) in [4.78, 5) is 17.1. The quantitative estimate of drug-likeness (QED) is 0.218. The van der Waals surface area contributed by atoms with Gasteiger partial charge in [-0.1, -0.05) is 97.0 Å². The van der Waals surface area contributed by atoms with E-state index in [1.165, 1.54) is 83.5 Å². The number of hydrogen-bond acceptors (Lipinski definition) is 2. The van der Waals surface area contributed by atoms with Gasteiger partial charge in [0.05, 0.1) is 0 Å². The van der Waals surface area contributed by atoms with Gasteiger partial charge in [0.1, 0.15) is 0 Å². The van der Waals surface area contributed by atoms with E-state index in [1.807, 2.05) is 18.2 Å². The van der Waals surface area contributed by atoms with Crippen LogP contribution in [0.4, 0.5) is 0 Å². The molecule has 3 nitrogen and oxygen atoms in total. The molecular weight excluding hydrogens is 382 g/mol. The summed E-state index contributed by atoms with van der Waals surface area (Å²) in [6.07, 6.45) is 21.8. The second-order valence-corrected chi connectivity index (χ2v) is 8.02. The number of carbonyl (C=O) groups is 1. The van der Waals surface area contributed by atoms with E-state index in [0.29, 0.717) is 5.57 Å². The van der Waals surface area contributed by atoms with Crippen molar-refractivity contribution in [2.75, 3.05) is 0 Å². The molecule has 166 valence electrons. The van der Waals surface area contributed by atoms with Gasteiger partial charge in [-0.3, -0.25) is 0 Å². The Morgan fingerprint density at radius 1 is 0.862 bits per heavy atom. The molecule has 0 saturated carbocycles. The lowest BCUT2D eigenvalue weighted by Crippen LogP contribution is -3.00. The molecule has 0 atom stereocenters. The van der Waals surface area contributed by atoms with E-state index in [0.717, 1.165) is 18.5 Å². The number of nitrogens with zero attached hydrogens (tertiary/aromatic N) is 1. The zero-order valence-electron chi connectivity index (χ0n) is 18.8. The molecule has 0 unspecified atom stereocenters. The Labute approximate surface area is 185 Å². The molecule has 1 rings (SSSR count). The molecule has 0 radical (unpaired) electrons. The van der Waals surface area contributed by atoms with E-state index in [9.17, 15) is 4.79 Å². The van der Waals surface area contributed by atoms with Crippen molar-refractivity contribution < 1.29 is 26.8 Å². The molecule has 1 aromatic heterocycles. The average Bonchev–Trinajstić information content (AvgIpc) is 2.69. The van der Waals surface area contributed by atoms with Gasteiger partial charge in [-0.25, -0.2) is 4.79 Å². The fourth-order valence-electron chi connectivity index (χ4n) is 3.41. The molecule has 1 aromatic rings. The van der Waals surface area contributed by atoms with Gasteiger partial charge in [0.25, 0.3) is 0 Å². The molecule has 0 bridgehead atoms. The average molecular weight is 424 g/mol. The Morgan fingerprint density at radius 3 is 1.83 bits per heavy atom. The maximum absolute atomic E-state index is 11.7. The minimum atomic E-state index is -0.376. The monoisotopic (exact) mass is 423 g/mol. The molecule has 0 aliphatic heterocycles. The Hall–Kier alpha value is -1.35. The summed E-state index contributed by atoms with van der Waals surface area (Å²) >= 11 is 0. The Morgan fingerprint density at radius 2 is 1.34 bits per heavy atom. The van der Waals surface area contributed by atoms with Gasteiger partial charge in [0.15, 0.2) is 0 Å². The lowest BCUT2D eigenvalue weighted by atomic mass is 10.0. The van der Waals surface area contributed by atoms with Gasteiger partial charge in [-0.05, 0) is 19.4 Å². The van der Waals surface area contributed by atoms with Crippen LogP contribution in [0.2, 0.25) is 0 Å². The normalized spacial score (nSPS) is 10.4. The van der Waals surface area contributed by atoms with Crippen molar-refractivity contribution in [2.24, 2.45) is 0 Å². The summed E-state index contributed by atoms with van der Waals surface area (Å²) in [6.45, 7) is 7.58. The van der Waals surface area contributed by atoms with Crippen LogP contribution >= 0.6 is 0 Å². The summed E-state index contributed by atoms with van der Waals surface area (Å²) in [5, 5.41) is 0. The van der Waals surface area contributed by atoms with E-state index >= 15 is 0 Å². The molecule has 0 aliphatic rings. The maximum Gasteiger partial charge on any atom is 0.406 e. The van der Waals surface area contributed by atoms with Gasteiger partial charge in [0.2, 0.25) is 11.9 Å². The molecule has 0 spiro atoms. The van der Waals surface area contributed by atoms with Crippen molar-refractivity contribution in [2.45, 2.75) is 110 Å². The summed E-state index contributed by atoms with van der Waals surface area (Å²) in [5.41, 5.74) is 1.45. The van der Waals surface area contributed by atoms with Crippen molar-refractivity contribution in [1.82, 2.24) is 0 Å². The van der Waals surface area contributed by atoms with Crippen LogP contribution in [0.25, 0.3) is 0 Å². The van der Waals surface area contributed by atoms with E-state index in [2.05, 4.69) is 13.5 Å². The molecular formula is C25H42ClNO2. The second kappa shape index (κ2) is 18.7. The third-order valence-electron chi connectivity index (χ3n) is 5.22. The predicted octanol–water partition coefficient (Wildman–Crippen LogP) is 3.53. The number of aryl methyl sites for hydroxylation is 1. The number of halogens is 1. The van der Waals surface area contributed by atoms with Crippen LogP contribution in [-0.4, -0.2) is 5.97 Å². The SMILES string of the molecule is C=C(C)C(=O)O[n+]1ccccc1CCCCCCCCCCCCCCCC.[Cl-]. The molecule has 0 saturated heterocycles. The first kappa shape index (κ1) is 27.6. The maximum atomic E-state index is 11.7. The van der Waals surface area contributed by atoms with Crippen LogP contribution in [0.5, 0.6) is 0 Å². The first-order chi connectivity index (χ1) is 13.6. The molecule has 0 fully saturated rings. The lowest BCUT2D eigenvalue weighted by Gasteiger charge is -2.04. The summed E-state index contributed by atoms with van der Waals surface area (Å²) in [5.74, 6) is -0.376. The van der Waals surface area contributed by atoms with E-state index in [1.54, 1.807) is 17.9 Å². The minimum absolute atomic E-state index is 0. The van der Waals surface area contributed by atoms with Gasteiger partial charge < -0.3 is 12.4 Å². The molecule has 0 aliphatic carbocycles. The fraction of sp³-hybridized carbons (Fsp3) is 0.680. The van der Waals surface area contributed by atoms with Crippen molar-refractivity contribution >= 4 is 5.97 Å². The van der Waals surface area contributed by atoms with Crippen molar-refractivity contribution in [3.8, 4) is 0 Å². The van der Waals surface area contributed by atoms with Crippen molar-refractivity contribution in [1.29, 1.82) is 0 Å². The zero-order chi connectivity index (χ0) is 20.5. The van der Waals surface area contributed by atoms with E-state index < -0.39 is 0 Å². The van der Waals surface area contributed by atoms with E-state index in [4.69, 9.17) is 4.84 Å². The Bertz CT molecular complexity index is 560. The topological polar surface area (TPSA) is 30.2 Å². The zero-order valence-corrected chi connectivity index (χ0v) is 19.5. The highest BCUT2D eigenvalue weighted by molar-refractivity contribution is 5.86. The highest BCUT2D eigenvalue weighted by Gasteiger charge is 2.16. The molecule has 0 aromatic carbocycles. The third-order valence-corrected chi connectivity index (χ3v) is 5.22. The summed E-state index contributed by atoms with van der Waals surface area (Å²) < 4.78 is 1.58. The van der Waals surface area contributed by atoms with Crippen LogP contribution in [0.1, 0.15) is 109 Å². The predicted molar refractivity (Wildman–Crippen MR) is 117 cm³/mol. The number of rotatable bonds is 17. The fourth-order valence-corrected chi connectivity index (χ4v) is 3.41. The lowest BCUT2D eigenvalue weighted by molar-refractivity contribution is -0.874. The largest absolute Gasteiger partial charge is 1.00 e. The van der Waals surface area contributed by atoms with E-state index in [-0.39, 0.29) is 18.4 Å². The number of unbranched alkanes of at least 4 members (excludes halogenated alkanes) is 13. The molecule has 0 N–H and O–H groups in total. The number of aromatic nitrogens is 1. The smallest absolute Gasteiger partial charge is 0.406 e. The first-order valence-corrected chi connectivity index (χ1v) is 11.5. The Kier molecular flexibility index (Phi) is 17.8. The Balaban J connectivity index is 0.00000784. The molecule has 29 heavy (non-hydrogen) atoms. The van der Waals surface area contributed by atoms with Crippen LogP contribution in [0.3, 0.4) is 0 Å². The number of carbonyl (C=O) groups excluding carboxylic acids is 1. The van der Waals surface area contributed by atoms with Crippen molar-refractivity contribution in [3.05, 3.63) is 42.2 Å². The van der Waals surface area contributed by atoms with Gasteiger partial charge in [-0.15, -0.1) is 0 Å². The first-order valence-electron chi connectivity index (χ1n) is 11.5. The molecule has 4 heteroatoms. The van der Waals surface area contributed by atoms with Crippen molar-refractivity contribution in [3.63, 3.8) is 0 Å². The van der Waals surface area contributed by atoms with Crippen LogP contribution < -0.4 is 22.0 Å². The van der Waals surface area contributed by atoms with Crippen LogP contribution in [-0.2, 0) is 11.2 Å². The van der Waals surface area contributed by atoms with Gasteiger partial charge in [0, 0.05) is 28.9 Å². The third kappa shape index (κ3) is 14.3. The highest BCUT2D eigenvalue weighted by atomic mass is 35.5. The van der Waals surface area contributed by atoms with Crippen LogP contribution in [0.15, 0.2) is 36.5 Å². The minimum Gasteiger partial charge on any atom is -1.00 e. The number of pyridine rings is 1. The highest BCUT2D eigenvalue weighted by Crippen LogP contribution is 2.13. The standard InChI is InChI=1S/C25H42NO2.ClH/c1-4-5-6-7-8-9-10-11-12-13-14-15-16-17-20-24-21-18-19-22-26(24)28-25(27)23(2)3;/h18-19,21-22H,2,4-17,20H2,1,3H3;1H/q+1;/p-1. The van der Waals surface area contributed by atoms with Crippen LogP contribution in [0, 0.1) is 0 Å². The molecule has 0 amide bonds.